The third-order valence-electron chi connectivity index (χ3n) is 7.58. The van der Waals surface area contributed by atoms with E-state index in [4.69, 9.17) is 0 Å². The first-order valence-corrected chi connectivity index (χ1v) is 14.3. The summed E-state index contributed by atoms with van der Waals surface area (Å²) >= 11 is 0. The van der Waals surface area contributed by atoms with E-state index in [1.54, 1.807) is 24.3 Å². The van der Waals surface area contributed by atoms with Gasteiger partial charge in [0, 0.05) is 43.4 Å². The molecule has 0 spiro atoms. The van der Waals surface area contributed by atoms with Crippen LogP contribution in [-0.4, -0.2) is 53.4 Å². The number of nitrogens with one attached hydrogen (secondary N) is 2. The van der Waals surface area contributed by atoms with Gasteiger partial charge in [-0.25, -0.2) is 23.4 Å². The van der Waals surface area contributed by atoms with Gasteiger partial charge in [0.05, 0.1) is 27.9 Å². The fourth-order valence-corrected chi connectivity index (χ4v) is 6.69. The number of alkyl halides is 3. The van der Waals surface area contributed by atoms with Gasteiger partial charge in [-0.3, -0.25) is 0 Å². The van der Waals surface area contributed by atoms with Crippen molar-refractivity contribution in [2.24, 2.45) is 5.92 Å². The van der Waals surface area contributed by atoms with Gasteiger partial charge in [-0.15, -0.1) is 0 Å². The van der Waals surface area contributed by atoms with Crippen molar-refractivity contribution in [1.82, 2.24) is 19.3 Å². The first kappa shape index (κ1) is 27.8. The zero-order valence-corrected chi connectivity index (χ0v) is 22.7. The SMILES string of the molecule is Cc1ccc(S(=O)(=O)N2CCC(C(C)Nc3ncc(C#N)c(C4CNc5ncc(C(F)(F)F)cc54)n3)CC2)cc1. The number of piperidine rings is 1. The quantitative estimate of drug-likeness (QED) is 0.442. The molecule has 2 atom stereocenters. The molecule has 0 bridgehead atoms. The molecule has 5 rings (SSSR count). The Kier molecular flexibility index (Phi) is 7.41. The van der Waals surface area contributed by atoms with Crippen molar-refractivity contribution in [3.8, 4) is 6.07 Å². The normalized spacial score (nSPS) is 18.9. The molecule has 9 nitrogen and oxygen atoms in total. The van der Waals surface area contributed by atoms with E-state index in [2.05, 4.69) is 25.6 Å². The minimum absolute atomic E-state index is 0.113. The van der Waals surface area contributed by atoms with Crippen LogP contribution in [0.25, 0.3) is 0 Å². The maximum atomic E-state index is 13.3. The minimum atomic E-state index is -4.55. The van der Waals surface area contributed by atoms with Gasteiger partial charge in [0.15, 0.2) is 0 Å². The average Bonchev–Trinajstić information content (AvgIpc) is 3.36. The molecular weight excluding hydrogens is 543 g/mol. The van der Waals surface area contributed by atoms with Crippen LogP contribution in [0, 0.1) is 24.2 Å². The number of nitrogens with zero attached hydrogens (tertiary/aromatic N) is 5. The Balaban J connectivity index is 1.29. The predicted octanol–water partition coefficient (Wildman–Crippen LogP) is 4.53. The molecule has 210 valence electrons. The Bertz CT molecular complexity index is 1550. The van der Waals surface area contributed by atoms with Crippen molar-refractivity contribution in [2.75, 3.05) is 30.3 Å². The van der Waals surface area contributed by atoms with Crippen LogP contribution < -0.4 is 10.6 Å². The van der Waals surface area contributed by atoms with Crippen LogP contribution in [-0.2, 0) is 16.2 Å². The monoisotopic (exact) mass is 571 g/mol. The molecule has 2 N–H and O–H groups in total. The first-order valence-electron chi connectivity index (χ1n) is 12.9. The van der Waals surface area contributed by atoms with E-state index in [0.717, 1.165) is 17.8 Å². The second-order valence-corrected chi connectivity index (χ2v) is 12.1. The number of rotatable bonds is 6. The highest BCUT2D eigenvalue weighted by molar-refractivity contribution is 7.89. The molecular formula is C27H28F3N7O2S. The molecule has 1 fully saturated rings. The third kappa shape index (κ3) is 5.46. The van der Waals surface area contributed by atoms with Crippen molar-refractivity contribution < 1.29 is 21.6 Å². The molecule has 4 heterocycles. The Morgan fingerprint density at radius 3 is 2.50 bits per heavy atom. The van der Waals surface area contributed by atoms with E-state index in [1.165, 1.54) is 10.5 Å². The Morgan fingerprint density at radius 2 is 1.85 bits per heavy atom. The van der Waals surface area contributed by atoms with E-state index >= 15 is 0 Å². The van der Waals surface area contributed by atoms with Gasteiger partial charge in [0.1, 0.15) is 11.9 Å². The lowest BCUT2D eigenvalue weighted by molar-refractivity contribution is -0.137. The fourth-order valence-electron chi connectivity index (χ4n) is 5.22. The Hall–Kier alpha value is -3.76. The second kappa shape index (κ2) is 10.7. The van der Waals surface area contributed by atoms with Gasteiger partial charge in [0.25, 0.3) is 0 Å². The lowest BCUT2D eigenvalue weighted by atomic mass is 9.91. The standard InChI is InChI=1S/C27H28F3N7O2S/c1-16-3-5-21(6-4-16)40(38,39)37-9-7-18(8-10-37)17(2)35-26-34-13-19(12-31)24(36-26)23-15-33-25-22(23)11-20(14-32-25)27(28,29)30/h3-6,11,13-14,17-18,23H,7-10,15H2,1-2H3,(H,32,33)(H,34,35,36). The second-order valence-electron chi connectivity index (χ2n) is 10.2. The number of anilines is 2. The Morgan fingerprint density at radius 1 is 1.15 bits per heavy atom. The molecule has 0 radical (unpaired) electrons. The van der Waals surface area contributed by atoms with E-state index in [-0.39, 0.29) is 34.9 Å². The van der Waals surface area contributed by atoms with Crippen molar-refractivity contribution in [3.63, 3.8) is 0 Å². The van der Waals surface area contributed by atoms with Gasteiger partial charge in [-0.1, -0.05) is 17.7 Å². The van der Waals surface area contributed by atoms with Crippen LogP contribution in [0.5, 0.6) is 0 Å². The van der Waals surface area contributed by atoms with Gasteiger partial charge in [-0.2, -0.15) is 22.7 Å². The van der Waals surface area contributed by atoms with E-state index in [9.17, 15) is 26.9 Å². The molecule has 2 unspecified atom stereocenters. The largest absolute Gasteiger partial charge is 0.417 e. The highest BCUT2D eigenvalue weighted by Crippen LogP contribution is 2.39. The van der Waals surface area contributed by atoms with Crippen LogP contribution in [0.4, 0.5) is 24.9 Å². The summed E-state index contributed by atoms with van der Waals surface area (Å²) in [5.74, 6) is 0.119. The number of aromatic nitrogens is 3. The summed E-state index contributed by atoms with van der Waals surface area (Å²) in [6.07, 6.45) is -1.13. The molecule has 2 aliphatic rings. The fraction of sp³-hybridized carbons (Fsp3) is 0.407. The number of hydrogen-bond donors (Lipinski definition) is 2. The van der Waals surface area contributed by atoms with E-state index in [0.29, 0.717) is 43.0 Å². The molecule has 0 amide bonds. The van der Waals surface area contributed by atoms with Gasteiger partial charge in [0.2, 0.25) is 16.0 Å². The van der Waals surface area contributed by atoms with Gasteiger partial charge in [-0.05, 0) is 50.8 Å². The number of benzene rings is 1. The predicted molar refractivity (Wildman–Crippen MR) is 142 cm³/mol. The number of nitriles is 1. The topological polar surface area (TPSA) is 124 Å². The van der Waals surface area contributed by atoms with Crippen molar-refractivity contribution in [3.05, 3.63) is 70.7 Å². The molecule has 0 saturated carbocycles. The van der Waals surface area contributed by atoms with Crippen LogP contribution in [0.3, 0.4) is 0 Å². The summed E-state index contributed by atoms with van der Waals surface area (Å²) in [4.78, 5) is 13.0. The summed E-state index contributed by atoms with van der Waals surface area (Å²) < 4.78 is 67.6. The molecule has 2 aliphatic heterocycles. The zero-order chi connectivity index (χ0) is 28.7. The lowest BCUT2D eigenvalue weighted by Crippen LogP contribution is -2.42. The molecule has 13 heteroatoms. The highest BCUT2D eigenvalue weighted by Gasteiger charge is 2.36. The molecule has 1 aromatic carbocycles. The molecule has 40 heavy (non-hydrogen) atoms. The van der Waals surface area contributed by atoms with E-state index in [1.807, 2.05) is 19.9 Å². The Labute approximate surface area is 230 Å². The number of halogens is 3. The molecule has 1 saturated heterocycles. The van der Waals surface area contributed by atoms with Crippen molar-refractivity contribution >= 4 is 21.8 Å². The third-order valence-corrected chi connectivity index (χ3v) is 9.50. The van der Waals surface area contributed by atoms with Gasteiger partial charge < -0.3 is 10.6 Å². The zero-order valence-electron chi connectivity index (χ0n) is 21.9. The summed E-state index contributed by atoms with van der Waals surface area (Å²) in [6.45, 7) is 4.87. The van der Waals surface area contributed by atoms with Gasteiger partial charge >= 0.3 is 6.18 Å². The maximum absolute atomic E-state index is 13.3. The summed E-state index contributed by atoms with van der Waals surface area (Å²) in [6, 6.07) is 9.79. The van der Waals surface area contributed by atoms with Crippen LogP contribution in [0.2, 0.25) is 0 Å². The van der Waals surface area contributed by atoms with E-state index < -0.39 is 27.7 Å². The number of fused-ring (bicyclic) bond motifs is 1. The van der Waals surface area contributed by atoms with Crippen molar-refractivity contribution in [2.45, 2.75) is 49.7 Å². The minimum Gasteiger partial charge on any atom is -0.369 e. The average molecular weight is 572 g/mol. The number of aryl methyl sites for hydroxylation is 1. The lowest BCUT2D eigenvalue weighted by Gasteiger charge is -2.34. The number of sulfonamides is 1. The summed E-state index contributed by atoms with van der Waals surface area (Å²) in [5.41, 5.74) is 0.937. The van der Waals surface area contributed by atoms with Crippen molar-refractivity contribution in [1.29, 1.82) is 5.26 Å². The van der Waals surface area contributed by atoms with Crippen LogP contribution in [0.15, 0.2) is 47.6 Å². The number of hydrogen-bond acceptors (Lipinski definition) is 8. The van der Waals surface area contributed by atoms with Crippen LogP contribution in [0.1, 0.15) is 53.6 Å². The van der Waals surface area contributed by atoms with Crippen LogP contribution >= 0.6 is 0 Å². The summed E-state index contributed by atoms with van der Waals surface area (Å²) in [7, 11) is -3.57. The molecule has 2 aromatic heterocycles. The molecule has 3 aromatic rings. The highest BCUT2D eigenvalue weighted by atomic mass is 32.2. The maximum Gasteiger partial charge on any atom is 0.417 e. The number of pyridine rings is 1. The summed E-state index contributed by atoms with van der Waals surface area (Å²) in [5, 5.41) is 15.9. The molecule has 0 aliphatic carbocycles. The first-order chi connectivity index (χ1) is 19.0. The smallest absolute Gasteiger partial charge is 0.369 e.